The molecule has 0 aliphatic carbocycles. The number of hydrogen-bond acceptors (Lipinski definition) is 3. The molecule has 23 heavy (non-hydrogen) atoms. The molecule has 0 saturated carbocycles. The smallest absolute Gasteiger partial charge is 0.321 e. The van der Waals surface area contributed by atoms with Gasteiger partial charge < -0.3 is 5.32 Å². The first-order valence-electron chi connectivity index (χ1n) is 6.51. The lowest BCUT2D eigenvalue weighted by atomic mass is 10.2. The van der Waals surface area contributed by atoms with E-state index in [4.69, 9.17) is 0 Å². The lowest BCUT2D eigenvalue weighted by Crippen LogP contribution is -2.24. The predicted octanol–water partition coefficient (Wildman–Crippen LogP) is 3.09. The third kappa shape index (κ3) is 4.06. The molecule has 2 aromatic rings. The summed E-state index contributed by atoms with van der Waals surface area (Å²) in [5.41, 5.74) is 0.350. The minimum atomic E-state index is -4.61. The molecular weight excluding hydrogens is 309 g/mol. The highest BCUT2D eigenvalue weighted by molar-refractivity contribution is 5.94. The van der Waals surface area contributed by atoms with E-state index in [9.17, 15) is 18.0 Å². The van der Waals surface area contributed by atoms with Crippen molar-refractivity contribution in [3.63, 3.8) is 0 Å². The Labute approximate surface area is 129 Å². The number of rotatable bonds is 4. The third-order valence-corrected chi connectivity index (χ3v) is 2.93. The first kappa shape index (κ1) is 16.5. The lowest BCUT2D eigenvalue weighted by molar-refractivity contribution is -0.141. The molecule has 120 valence electrons. The topological polar surface area (TPSA) is 70.7 Å². The summed E-state index contributed by atoms with van der Waals surface area (Å²) in [7, 11) is 0. The molecule has 5 nitrogen and oxygen atoms in total. The molecule has 0 aromatic carbocycles. The molecule has 2 rings (SSSR count). The van der Waals surface area contributed by atoms with Crippen LogP contribution in [0.5, 0.6) is 0 Å². The fourth-order valence-electron chi connectivity index (χ4n) is 1.73. The number of carbonyl (C=O) groups is 1. The SMILES string of the molecule is C=C/C(=C\c1cn[nH]c1C)NC(=O)c1cccc(C(F)(F)F)n1. The van der Waals surface area contributed by atoms with E-state index in [-0.39, 0.29) is 5.69 Å². The van der Waals surface area contributed by atoms with Crippen molar-refractivity contribution in [3.8, 4) is 0 Å². The maximum atomic E-state index is 12.6. The first-order valence-corrected chi connectivity index (χ1v) is 6.51. The number of halogens is 3. The Balaban J connectivity index is 2.22. The van der Waals surface area contributed by atoms with Crippen molar-refractivity contribution >= 4 is 12.0 Å². The number of aromatic nitrogens is 3. The average Bonchev–Trinajstić information content (AvgIpc) is 2.91. The van der Waals surface area contributed by atoms with Crippen molar-refractivity contribution in [2.75, 3.05) is 0 Å². The second-order valence-electron chi connectivity index (χ2n) is 4.61. The number of allylic oxidation sites excluding steroid dienone is 1. The van der Waals surface area contributed by atoms with Gasteiger partial charge in [0.1, 0.15) is 11.4 Å². The molecule has 0 radical (unpaired) electrons. The van der Waals surface area contributed by atoms with Gasteiger partial charge in [-0.25, -0.2) is 4.98 Å². The summed E-state index contributed by atoms with van der Waals surface area (Å²) in [4.78, 5) is 15.4. The number of alkyl halides is 3. The van der Waals surface area contributed by atoms with Gasteiger partial charge in [-0.3, -0.25) is 9.89 Å². The number of nitrogens with zero attached hydrogens (tertiary/aromatic N) is 2. The molecule has 2 heterocycles. The van der Waals surface area contributed by atoms with Crippen LogP contribution in [0.15, 0.2) is 42.7 Å². The Morgan fingerprint density at radius 3 is 2.70 bits per heavy atom. The molecular formula is C15H13F3N4O. The summed E-state index contributed by atoms with van der Waals surface area (Å²) in [6.07, 6.45) is -0.0931. The quantitative estimate of drug-likeness (QED) is 0.850. The molecule has 0 aliphatic rings. The third-order valence-electron chi connectivity index (χ3n) is 2.93. The number of H-pyrrole nitrogens is 1. The predicted molar refractivity (Wildman–Crippen MR) is 78.2 cm³/mol. The van der Waals surface area contributed by atoms with Crippen molar-refractivity contribution in [1.82, 2.24) is 20.5 Å². The van der Waals surface area contributed by atoms with Crippen LogP contribution in [0.25, 0.3) is 6.08 Å². The Kier molecular flexibility index (Phi) is 4.63. The molecule has 0 saturated heterocycles. The van der Waals surface area contributed by atoms with E-state index in [0.717, 1.165) is 23.4 Å². The molecule has 0 bridgehead atoms. The van der Waals surface area contributed by atoms with Crippen molar-refractivity contribution < 1.29 is 18.0 Å². The Bertz CT molecular complexity index is 762. The molecule has 1 amide bonds. The van der Waals surface area contributed by atoms with Crippen molar-refractivity contribution in [2.45, 2.75) is 13.1 Å². The standard InChI is InChI=1S/C15H13F3N4O/c1-3-11(7-10-8-19-22-9(10)2)20-14(23)12-5-4-6-13(21-12)15(16,17)18/h3-8H,1H2,2H3,(H,19,22)(H,20,23)/b11-7+. The van der Waals surface area contributed by atoms with Gasteiger partial charge in [0.05, 0.1) is 6.20 Å². The Morgan fingerprint density at radius 1 is 1.39 bits per heavy atom. The van der Waals surface area contributed by atoms with Crippen LogP contribution >= 0.6 is 0 Å². The van der Waals surface area contributed by atoms with E-state index in [0.29, 0.717) is 5.70 Å². The van der Waals surface area contributed by atoms with Crippen LogP contribution in [0.4, 0.5) is 13.2 Å². The molecule has 0 atom stereocenters. The molecule has 2 aromatic heterocycles. The lowest BCUT2D eigenvalue weighted by Gasteiger charge is -2.09. The normalized spacial score (nSPS) is 12.1. The highest BCUT2D eigenvalue weighted by atomic mass is 19.4. The number of aryl methyl sites for hydroxylation is 1. The van der Waals surface area contributed by atoms with E-state index < -0.39 is 17.8 Å². The van der Waals surface area contributed by atoms with E-state index in [2.05, 4.69) is 27.1 Å². The van der Waals surface area contributed by atoms with Gasteiger partial charge in [0.2, 0.25) is 0 Å². The maximum absolute atomic E-state index is 12.6. The number of carbonyl (C=O) groups excluding carboxylic acids is 1. The second kappa shape index (κ2) is 6.47. The summed E-state index contributed by atoms with van der Waals surface area (Å²) >= 11 is 0. The van der Waals surface area contributed by atoms with Crippen LogP contribution in [0, 0.1) is 6.92 Å². The molecule has 0 spiro atoms. The van der Waals surface area contributed by atoms with Crippen LogP contribution < -0.4 is 5.32 Å². The number of hydrogen-bond donors (Lipinski definition) is 2. The molecule has 0 unspecified atom stereocenters. The van der Waals surface area contributed by atoms with Gasteiger partial charge in [-0.1, -0.05) is 12.6 Å². The zero-order valence-corrected chi connectivity index (χ0v) is 12.1. The number of amides is 1. The van der Waals surface area contributed by atoms with E-state index >= 15 is 0 Å². The summed E-state index contributed by atoms with van der Waals surface area (Å²) < 4.78 is 37.9. The number of pyridine rings is 1. The van der Waals surface area contributed by atoms with Gasteiger partial charge in [0, 0.05) is 17.0 Å². The minimum absolute atomic E-state index is 0.318. The van der Waals surface area contributed by atoms with Crippen molar-refractivity contribution in [1.29, 1.82) is 0 Å². The van der Waals surface area contributed by atoms with Crippen molar-refractivity contribution in [2.24, 2.45) is 0 Å². The first-order chi connectivity index (χ1) is 10.8. The fourth-order valence-corrected chi connectivity index (χ4v) is 1.73. The monoisotopic (exact) mass is 322 g/mol. The Morgan fingerprint density at radius 2 is 2.13 bits per heavy atom. The molecule has 8 heteroatoms. The van der Waals surface area contributed by atoms with Gasteiger partial charge >= 0.3 is 6.18 Å². The van der Waals surface area contributed by atoms with E-state index in [1.54, 1.807) is 19.2 Å². The van der Waals surface area contributed by atoms with Crippen LogP contribution in [0.3, 0.4) is 0 Å². The van der Waals surface area contributed by atoms with Crippen LogP contribution in [-0.4, -0.2) is 21.1 Å². The van der Waals surface area contributed by atoms with Gasteiger partial charge in [-0.2, -0.15) is 18.3 Å². The summed E-state index contributed by atoms with van der Waals surface area (Å²) in [6.45, 7) is 5.35. The fraction of sp³-hybridized carbons (Fsp3) is 0.133. The summed E-state index contributed by atoms with van der Waals surface area (Å²) in [5, 5.41) is 9.02. The van der Waals surface area contributed by atoms with E-state index in [1.165, 1.54) is 12.1 Å². The molecule has 0 fully saturated rings. The van der Waals surface area contributed by atoms with Crippen LogP contribution in [-0.2, 0) is 6.18 Å². The van der Waals surface area contributed by atoms with E-state index in [1.807, 2.05) is 0 Å². The maximum Gasteiger partial charge on any atom is 0.433 e. The largest absolute Gasteiger partial charge is 0.433 e. The van der Waals surface area contributed by atoms with Gasteiger partial charge in [0.15, 0.2) is 0 Å². The highest BCUT2D eigenvalue weighted by Gasteiger charge is 2.32. The highest BCUT2D eigenvalue weighted by Crippen LogP contribution is 2.27. The van der Waals surface area contributed by atoms with Gasteiger partial charge in [-0.15, -0.1) is 0 Å². The number of aromatic amines is 1. The summed E-state index contributed by atoms with van der Waals surface area (Å²) in [6, 6.07) is 3.13. The zero-order chi connectivity index (χ0) is 17.0. The zero-order valence-electron chi connectivity index (χ0n) is 12.1. The van der Waals surface area contributed by atoms with Crippen LogP contribution in [0.1, 0.15) is 27.4 Å². The molecule has 2 N–H and O–H groups in total. The van der Waals surface area contributed by atoms with Crippen LogP contribution in [0.2, 0.25) is 0 Å². The minimum Gasteiger partial charge on any atom is -0.321 e. The molecule has 0 aliphatic heterocycles. The van der Waals surface area contributed by atoms with Gasteiger partial charge in [-0.05, 0) is 31.2 Å². The van der Waals surface area contributed by atoms with Crippen molar-refractivity contribution in [3.05, 3.63) is 65.4 Å². The Hall–Kier alpha value is -2.90. The second-order valence-corrected chi connectivity index (χ2v) is 4.61. The average molecular weight is 322 g/mol. The summed E-state index contributed by atoms with van der Waals surface area (Å²) in [5.74, 6) is -0.761. The number of nitrogens with one attached hydrogen (secondary N) is 2. The van der Waals surface area contributed by atoms with Gasteiger partial charge in [0.25, 0.3) is 5.91 Å².